The van der Waals surface area contributed by atoms with Crippen molar-refractivity contribution in [2.24, 2.45) is 0 Å². The average Bonchev–Trinajstić information content (AvgIpc) is 2.73. The molecule has 3 rings (SSSR count). The summed E-state index contributed by atoms with van der Waals surface area (Å²) in [5, 5.41) is 9.88. The van der Waals surface area contributed by atoms with E-state index >= 15 is 0 Å². The number of nitrogens with zero attached hydrogens (tertiary/aromatic N) is 2. The van der Waals surface area contributed by atoms with Gasteiger partial charge in [0.25, 0.3) is 0 Å². The average molecular weight is 441 g/mol. The Bertz CT molecular complexity index is 1200. The zero-order valence-corrected chi connectivity index (χ0v) is 18.3. The summed E-state index contributed by atoms with van der Waals surface area (Å²) in [7, 11) is -3.48. The number of halogens is 1. The lowest BCUT2D eigenvalue weighted by Gasteiger charge is -2.18. The van der Waals surface area contributed by atoms with Gasteiger partial charge in [0.15, 0.2) is 9.84 Å². The van der Waals surface area contributed by atoms with E-state index in [0.717, 1.165) is 18.4 Å². The topological polar surface area (TPSA) is 80.1 Å². The number of nitriles is 1. The van der Waals surface area contributed by atoms with E-state index in [1.54, 1.807) is 36.5 Å². The predicted molar refractivity (Wildman–Crippen MR) is 118 cm³/mol. The molecule has 0 radical (unpaired) electrons. The molecule has 30 heavy (non-hydrogen) atoms. The fraction of sp³-hybridized carbons (Fsp3) is 0.217. The van der Waals surface area contributed by atoms with Crippen LogP contribution < -0.4 is 4.74 Å². The van der Waals surface area contributed by atoms with Crippen LogP contribution >= 0.6 is 11.6 Å². The number of hydrogen-bond donors (Lipinski definition) is 0. The van der Waals surface area contributed by atoms with Gasteiger partial charge in [-0.1, -0.05) is 37.1 Å². The molecule has 0 amide bonds. The lowest BCUT2D eigenvalue weighted by molar-refractivity contribution is 0.310. The molecule has 5 nitrogen and oxygen atoms in total. The van der Waals surface area contributed by atoms with E-state index in [-0.39, 0.29) is 4.90 Å². The third-order valence-electron chi connectivity index (χ3n) is 4.57. The second kappa shape index (κ2) is 9.29. The van der Waals surface area contributed by atoms with Gasteiger partial charge in [-0.3, -0.25) is 4.98 Å². The van der Waals surface area contributed by atoms with Gasteiger partial charge in [-0.05, 0) is 47.9 Å². The minimum absolute atomic E-state index is 0.159. The van der Waals surface area contributed by atoms with Crippen LogP contribution in [0.2, 0.25) is 5.02 Å². The number of pyridine rings is 1. The van der Waals surface area contributed by atoms with Crippen molar-refractivity contribution in [2.45, 2.75) is 24.7 Å². The first-order valence-electron chi connectivity index (χ1n) is 9.46. The number of unbranched alkanes of at least 4 members (excludes halogenated alkanes) is 1. The first kappa shape index (κ1) is 21.8. The Hall–Kier alpha value is -2.88. The lowest BCUT2D eigenvalue weighted by Crippen LogP contribution is -2.04. The summed E-state index contributed by atoms with van der Waals surface area (Å²) in [5.74, 6) is 0.438. The van der Waals surface area contributed by atoms with Crippen LogP contribution in [-0.2, 0) is 9.84 Å². The normalized spacial score (nSPS) is 11.1. The van der Waals surface area contributed by atoms with Crippen molar-refractivity contribution < 1.29 is 13.2 Å². The molecular weight excluding hydrogens is 420 g/mol. The summed E-state index contributed by atoms with van der Waals surface area (Å²) in [4.78, 5) is 4.33. The summed E-state index contributed by atoms with van der Waals surface area (Å²) in [6.07, 6.45) is 6.06. The van der Waals surface area contributed by atoms with Crippen molar-refractivity contribution in [1.29, 1.82) is 5.26 Å². The molecule has 2 aromatic carbocycles. The zero-order chi connectivity index (χ0) is 21.7. The molecule has 0 unspecified atom stereocenters. The van der Waals surface area contributed by atoms with Crippen molar-refractivity contribution in [3.05, 3.63) is 65.4 Å². The second-order valence-corrected chi connectivity index (χ2v) is 9.35. The maximum atomic E-state index is 12.4. The second-order valence-electron chi connectivity index (χ2n) is 6.90. The number of hydrogen-bond acceptors (Lipinski definition) is 5. The van der Waals surface area contributed by atoms with Gasteiger partial charge in [-0.2, -0.15) is 5.26 Å². The predicted octanol–water partition coefficient (Wildman–Crippen LogP) is 5.52. The van der Waals surface area contributed by atoms with Gasteiger partial charge < -0.3 is 4.74 Å². The molecule has 0 bridgehead atoms. The largest absolute Gasteiger partial charge is 0.493 e. The van der Waals surface area contributed by atoms with Gasteiger partial charge in [0, 0.05) is 34.8 Å². The number of aromatic nitrogens is 1. The first-order chi connectivity index (χ1) is 14.3. The summed E-state index contributed by atoms with van der Waals surface area (Å²) < 4.78 is 30.8. The van der Waals surface area contributed by atoms with E-state index < -0.39 is 9.84 Å². The highest BCUT2D eigenvalue weighted by molar-refractivity contribution is 7.90. The lowest BCUT2D eigenvalue weighted by atomic mass is 9.94. The molecular formula is C23H21ClN2O3S. The fourth-order valence-electron chi connectivity index (χ4n) is 3.04. The van der Waals surface area contributed by atoms with Crippen LogP contribution in [-0.4, -0.2) is 26.3 Å². The highest BCUT2D eigenvalue weighted by Crippen LogP contribution is 2.42. The molecule has 0 N–H and O–H groups in total. The molecule has 0 aliphatic heterocycles. The highest BCUT2D eigenvalue weighted by Gasteiger charge is 2.20. The summed E-state index contributed by atoms with van der Waals surface area (Å²) in [5.41, 5.74) is 3.21. The number of rotatable bonds is 7. The maximum absolute atomic E-state index is 12.4. The molecule has 0 aliphatic rings. The van der Waals surface area contributed by atoms with Crippen molar-refractivity contribution in [2.75, 3.05) is 12.9 Å². The molecule has 0 saturated carbocycles. The van der Waals surface area contributed by atoms with E-state index in [0.29, 0.717) is 39.6 Å². The van der Waals surface area contributed by atoms with Gasteiger partial charge in [-0.15, -0.1) is 0 Å². The molecule has 154 valence electrons. The highest BCUT2D eigenvalue weighted by atomic mass is 35.5. The van der Waals surface area contributed by atoms with E-state index in [1.807, 2.05) is 12.1 Å². The molecule has 1 aromatic heterocycles. The number of ether oxygens (including phenoxy) is 1. The van der Waals surface area contributed by atoms with Crippen molar-refractivity contribution in [3.8, 4) is 34.1 Å². The van der Waals surface area contributed by atoms with Gasteiger partial charge in [0.2, 0.25) is 0 Å². The molecule has 0 saturated heterocycles. The minimum atomic E-state index is -3.48. The molecule has 1 heterocycles. The van der Waals surface area contributed by atoms with Crippen LogP contribution in [0.5, 0.6) is 5.75 Å². The van der Waals surface area contributed by atoms with Crippen LogP contribution in [0.25, 0.3) is 22.3 Å². The van der Waals surface area contributed by atoms with Gasteiger partial charge >= 0.3 is 0 Å². The van der Waals surface area contributed by atoms with Gasteiger partial charge in [0.05, 0.1) is 17.1 Å². The summed E-state index contributed by atoms with van der Waals surface area (Å²) in [6, 6.07) is 14.1. The Morgan fingerprint density at radius 1 is 1.10 bits per heavy atom. The van der Waals surface area contributed by atoms with E-state index in [9.17, 15) is 13.7 Å². The van der Waals surface area contributed by atoms with Gasteiger partial charge in [0.1, 0.15) is 11.8 Å². The quantitative estimate of drug-likeness (QED) is 0.451. The third kappa shape index (κ3) is 4.99. The Kier molecular flexibility index (Phi) is 6.76. The Morgan fingerprint density at radius 2 is 1.83 bits per heavy atom. The molecule has 7 heteroatoms. The van der Waals surface area contributed by atoms with Crippen LogP contribution in [0, 0.1) is 11.3 Å². The Balaban J connectivity index is 2.34. The van der Waals surface area contributed by atoms with E-state index in [1.165, 1.54) is 12.5 Å². The summed E-state index contributed by atoms with van der Waals surface area (Å²) >= 11 is 6.05. The fourth-order valence-corrected chi connectivity index (χ4v) is 3.82. The van der Waals surface area contributed by atoms with Crippen LogP contribution in [0.4, 0.5) is 0 Å². The molecule has 0 fully saturated rings. The van der Waals surface area contributed by atoms with Crippen LogP contribution in [0.15, 0.2) is 59.8 Å². The first-order valence-corrected chi connectivity index (χ1v) is 11.7. The molecule has 0 aliphatic carbocycles. The monoisotopic (exact) mass is 440 g/mol. The Labute approximate surface area is 181 Å². The summed E-state index contributed by atoms with van der Waals surface area (Å²) in [6.45, 7) is 2.50. The number of sulfone groups is 1. The smallest absolute Gasteiger partial charge is 0.175 e. The third-order valence-corrected chi connectivity index (χ3v) is 5.91. The number of benzene rings is 2. The standard InChI is InChI=1S/C23H21ClN2O3S/c1-3-4-9-29-22-12-20(30(2,27)28)11-21(17-5-7-19(24)8-6-17)23(22)18-10-16(13-25)14-26-15-18/h5-8,10-12,14-15H,3-4,9H2,1-2H3. The molecule has 0 spiro atoms. The minimum Gasteiger partial charge on any atom is -0.493 e. The van der Waals surface area contributed by atoms with Crippen LogP contribution in [0.1, 0.15) is 25.3 Å². The maximum Gasteiger partial charge on any atom is 0.175 e. The van der Waals surface area contributed by atoms with Crippen LogP contribution in [0.3, 0.4) is 0 Å². The molecule has 3 aromatic rings. The SMILES string of the molecule is CCCCOc1cc(S(C)(=O)=O)cc(-c2ccc(Cl)cc2)c1-c1cncc(C#N)c1. The van der Waals surface area contributed by atoms with Crippen molar-refractivity contribution in [1.82, 2.24) is 4.98 Å². The van der Waals surface area contributed by atoms with E-state index in [2.05, 4.69) is 18.0 Å². The Morgan fingerprint density at radius 3 is 2.47 bits per heavy atom. The van der Waals surface area contributed by atoms with Crippen molar-refractivity contribution in [3.63, 3.8) is 0 Å². The van der Waals surface area contributed by atoms with E-state index in [4.69, 9.17) is 16.3 Å². The zero-order valence-electron chi connectivity index (χ0n) is 16.7. The molecule has 0 atom stereocenters. The van der Waals surface area contributed by atoms with Crippen molar-refractivity contribution >= 4 is 21.4 Å². The van der Waals surface area contributed by atoms with Gasteiger partial charge in [-0.25, -0.2) is 8.42 Å².